The minimum absolute atomic E-state index is 0.118. The van der Waals surface area contributed by atoms with Crippen LogP contribution in [0.3, 0.4) is 0 Å². The van der Waals surface area contributed by atoms with Gasteiger partial charge >= 0.3 is 0 Å². The molecule has 0 rings (SSSR count). The maximum Gasteiger partial charge on any atom is 0.0736 e. The number of aliphatic hydroxyl groups excluding tert-OH is 2. The summed E-state index contributed by atoms with van der Waals surface area (Å²) >= 11 is 0. The average Bonchev–Trinajstić information content (AvgIpc) is 1.84. The van der Waals surface area contributed by atoms with Gasteiger partial charge in [0.1, 0.15) is 0 Å². The summed E-state index contributed by atoms with van der Waals surface area (Å²) in [4.78, 5) is 0. The molecule has 0 aliphatic heterocycles. The van der Waals surface area contributed by atoms with Crippen molar-refractivity contribution >= 4 is 0 Å². The smallest absolute Gasteiger partial charge is 0.0736 e. The lowest BCUT2D eigenvalue weighted by Gasteiger charge is -2.19. The molecule has 0 saturated heterocycles. The normalized spacial score (nSPS) is 18.0. The Hall–Kier alpha value is -0.120. The Bertz CT molecular complexity index is 75.5. The first kappa shape index (κ1) is 8.88. The Balaban J connectivity index is 3.58. The Morgan fingerprint density at radius 1 is 1.44 bits per heavy atom. The van der Waals surface area contributed by atoms with Crippen molar-refractivity contribution in [2.24, 2.45) is 11.7 Å². The molecule has 9 heavy (non-hydrogen) atoms. The summed E-state index contributed by atoms with van der Waals surface area (Å²) < 4.78 is 0. The van der Waals surface area contributed by atoms with Gasteiger partial charge in [0.25, 0.3) is 0 Å². The molecule has 4 N–H and O–H groups in total. The summed E-state index contributed by atoms with van der Waals surface area (Å²) in [5, 5.41) is 17.6. The van der Waals surface area contributed by atoms with Crippen LogP contribution in [0.4, 0.5) is 0 Å². The van der Waals surface area contributed by atoms with Crippen molar-refractivity contribution in [2.45, 2.75) is 26.0 Å². The quantitative estimate of drug-likeness (QED) is 0.478. The van der Waals surface area contributed by atoms with E-state index < -0.39 is 12.1 Å². The Morgan fingerprint density at radius 3 is 2.00 bits per heavy atom. The molecule has 0 aromatic carbocycles. The number of hydrogen-bond donors (Lipinski definition) is 3. The summed E-state index contributed by atoms with van der Waals surface area (Å²) in [6, 6.07) is -0.495. The molecule has 0 heterocycles. The molecule has 0 aliphatic rings. The van der Waals surface area contributed by atoms with Gasteiger partial charge in [0.2, 0.25) is 0 Å². The molecular formula is C6H15NO2. The largest absolute Gasteiger partial charge is 0.395 e. The van der Waals surface area contributed by atoms with Crippen LogP contribution in [-0.2, 0) is 0 Å². The minimum atomic E-state index is -0.588. The summed E-state index contributed by atoms with van der Waals surface area (Å²) in [5.74, 6) is 0.118. The van der Waals surface area contributed by atoms with Crippen molar-refractivity contribution in [1.82, 2.24) is 0 Å². The van der Waals surface area contributed by atoms with Gasteiger partial charge in [-0.2, -0.15) is 0 Å². The van der Waals surface area contributed by atoms with Gasteiger partial charge in [-0.15, -0.1) is 0 Å². The average molecular weight is 133 g/mol. The number of hydrogen-bond acceptors (Lipinski definition) is 3. The zero-order valence-electron chi connectivity index (χ0n) is 5.91. The first-order valence-electron chi connectivity index (χ1n) is 3.14. The summed E-state index contributed by atoms with van der Waals surface area (Å²) in [7, 11) is 0. The second-order valence-corrected chi connectivity index (χ2v) is 2.58. The van der Waals surface area contributed by atoms with Crippen molar-refractivity contribution in [2.75, 3.05) is 6.61 Å². The molecule has 3 heteroatoms. The fourth-order valence-electron chi connectivity index (χ4n) is 0.602. The topological polar surface area (TPSA) is 66.5 Å². The van der Waals surface area contributed by atoms with E-state index in [9.17, 15) is 0 Å². The number of rotatable bonds is 3. The molecule has 2 atom stereocenters. The third-order valence-corrected chi connectivity index (χ3v) is 1.33. The standard InChI is InChI=1S/C6H15NO2/c1-4(2)6(9)5(7)3-8/h4-6,8-9H,3,7H2,1-2H3. The summed E-state index contributed by atoms with van der Waals surface area (Å²) in [5.41, 5.74) is 5.32. The molecule has 56 valence electrons. The van der Waals surface area contributed by atoms with E-state index in [1.807, 2.05) is 13.8 Å². The van der Waals surface area contributed by atoms with Crippen LogP contribution in [0, 0.1) is 5.92 Å². The predicted octanol–water partition coefficient (Wildman–Crippen LogP) is -0.677. The van der Waals surface area contributed by atoms with Crippen LogP contribution in [0.15, 0.2) is 0 Å². The van der Waals surface area contributed by atoms with Crippen LogP contribution in [-0.4, -0.2) is 29.0 Å². The molecule has 0 amide bonds. The van der Waals surface area contributed by atoms with Crippen LogP contribution in [0.25, 0.3) is 0 Å². The molecule has 0 aliphatic carbocycles. The fraction of sp³-hybridized carbons (Fsp3) is 1.00. The van der Waals surface area contributed by atoms with Gasteiger partial charge < -0.3 is 15.9 Å². The second-order valence-electron chi connectivity index (χ2n) is 2.58. The highest BCUT2D eigenvalue weighted by Gasteiger charge is 2.16. The highest BCUT2D eigenvalue weighted by molar-refractivity contribution is 4.72. The van der Waals surface area contributed by atoms with Gasteiger partial charge in [0, 0.05) is 0 Å². The number of nitrogens with two attached hydrogens (primary N) is 1. The first-order valence-corrected chi connectivity index (χ1v) is 3.14. The lowest BCUT2D eigenvalue weighted by atomic mass is 10.0. The number of aliphatic hydroxyl groups is 2. The van der Waals surface area contributed by atoms with E-state index in [2.05, 4.69) is 0 Å². The molecule has 2 unspecified atom stereocenters. The minimum Gasteiger partial charge on any atom is -0.395 e. The third kappa shape index (κ3) is 2.79. The molecule has 0 radical (unpaired) electrons. The molecule has 0 aromatic heterocycles. The molecule has 3 nitrogen and oxygen atoms in total. The van der Waals surface area contributed by atoms with E-state index in [1.165, 1.54) is 0 Å². The van der Waals surface area contributed by atoms with Gasteiger partial charge in [0.15, 0.2) is 0 Å². The van der Waals surface area contributed by atoms with Crippen LogP contribution in [0.1, 0.15) is 13.8 Å². The molecule has 0 saturated carbocycles. The van der Waals surface area contributed by atoms with E-state index in [0.717, 1.165) is 0 Å². The SMILES string of the molecule is CC(C)C(O)C(N)CO. The molecule has 0 spiro atoms. The Morgan fingerprint density at radius 2 is 1.89 bits per heavy atom. The van der Waals surface area contributed by atoms with Crippen molar-refractivity contribution < 1.29 is 10.2 Å². The van der Waals surface area contributed by atoms with Gasteiger partial charge in [-0.3, -0.25) is 0 Å². The van der Waals surface area contributed by atoms with Crippen LogP contribution in [0.5, 0.6) is 0 Å². The highest BCUT2D eigenvalue weighted by Crippen LogP contribution is 2.03. The van der Waals surface area contributed by atoms with E-state index in [-0.39, 0.29) is 12.5 Å². The predicted molar refractivity (Wildman–Crippen MR) is 35.9 cm³/mol. The van der Waals surface area contributed by atoms with Crippen molar-refractivity contribution in [3.8, 4) is 0 Å². The monoisotopic (exact) mass is 133 g/mol. The fourth-order valence-corrected chi connectivity index (χ4v) is 0.602. The van der Waals surface area contributed by atoms with Gasteiger partial charge in [-0.1, -0.05) is 13.8 Å². The van der Waals surface area contributed by atoms with Gasteiger partial charge in [0.05, 0.1) is 18.8 Å². The van der Waals surface area contributed by atoms with Crippen LogP contribution in [0.2, 0.25) is 0 Å². The van der Waals surface area contributed by atoms with E-state index in [0.29, 0.717) is 0 Å². The lowest BCUT2D eigenvalue weighted by Crippen LogP contribution is -2.40. The van der Waals surface area contributed by atoms with E-state index in [1.54, 1.807) is 0 Å². The molecular weight excluding hydrogens is 118 g/mol. The van der Waals surface area contributed by atoms with E-state index >= 15 is 0 Å². The molecule has 0 bridgehead atoms. The maximum absolute atomic E-state index is 9.11. The van der Waals surface area contributed by atoms with Crippen molar-refractivity contribution in [3.63, 3.8) is 0 Å². The molecule has 0 aromatic rings. The van der Waals surface area contributed by atoms with Gasteiger partial charge in [-0.05, 0) is 5.92 Å². The van der Waals surface area contributed by atoms with Crippen LogP contribution < -0.4 is 5.73 Å². The second kappa shape index (κ2) is 3.82. The Labute approximate surface area is 55.5 Å². The first-order chi connectivity index (χ1) is 4.09. The van der Waals surface area contributed by atoms with Crippen LogP contribution >= 0.6 is 0 Å². The maximum atomic E-state index is 9.11. The third-order valence-electron chi connectivity index (χ3n) is 1.33. The highest BCUT2D eigenvalue weighted by atomic mass is 16.3. The summed E-state index contributed by atoms with van der Waals surface area (Å²) in [6.45, 7) is 3.57. The molecule has 0 fully saturated rings. The van der Waals surface area contributed by atoms with Crippen molar-refractivity contribution in [3.05, 3.63) is 0 Å². The Kier molecular flexibility index (Phi) is 3.77. The summed E-state index contributed by atoms with van der Waals surface area (Å²) in [6.07, 6.45) is -0.588. The zero-order valence-corrected chi connectivity index (χ0v) is 5.91. The van der Waals surface area contributed by atoms with Crippen molar-refractivity contribution in [1.29, 1.82) is 0 Å². The van der Waals surface area contributed by atoms with E-state index in [4.69, 9.17) is 15.9 Å². The lowest BCUT2D eigenvalue weighted by molar-refractivity contribution is 0.0718. The van der Waals surface area contributed by atoms with Gasteiger partial charge in [-0.25, -0.2) is 0 Å². The zero-order chi connectivity index (χ0) is 7.44.